The van der Waals surface area contributed by atoms with Gasteiger partial charge in [0.15, 0.2) is 0 Å². The minimum Gasteiger partial charge on any atom is -0.488 e. The maximum Gasteiger partial charge on any atom is 0.437 e. The van der Waals surface area contributed by atoms with Crippen LogP contribution in [0, 0.1) is 0 Å². The van der Waals surface area contributed by atoms with Gasteiger partial charge in [0.25, 0.3) is 0 Å². The molecule has 0 spiro atoms. The van der Waals surface area contributed by atoms with Crippen LogP contribution in [0.15, 0.2) is 29.3 Å². The summed E-state index contributed by atoms with van der Waals surface area (Å²) in [5.41, 5.74) is -0.797. The van der Waals surface area contributed by atoms with Gasteiger partial charge in [-0.05, 0) is 113 Å². The fourth-order valence-corrected chi connectivity index (χ4v) is 3.79. The number of carbonyl (C=O) groups is 3. The summed E-state index contributed by atoms with van der Waals surface area (Å²) in [4.78, 5) is 42.1. The molecule has 0 saturated heterocycles. The molecule has 2 amide bonds. The monoisotopic (exact) mass is 592 g/mol. The van der Waals surface area contributed by atoms with Crippen LogP contribution in [0.2, 0.25) is 0 Å². The van der Waals surface area contributed by atoms with E-state index < -0.39 is 35.4 Å². The highest BCUT2D eigenvalue weighted by Gasteiger charge is 2.23. The summed E-state index contributed by atoms with van der Waals surface area (Å²) >= 11 is 0. The van der Waals surface area contributed by atoms with Crippen molar-refractivity contribution in [3.05, 3.63) is 29.8 Å². The zero-order chi connectivity index (χ0) is 32.1. The molecule has 0 aliphatic carbocycles. The van der Waals surface area contributed by atoms with Gasteiger partial charge in [0.2, 0.25) is 5.96 Å². The molecule has 0 unspecified atom stereocenters. The molecule has 1 atom stereocenters. The molecule has 0 aromatic heterocycles. The van der Waals surface area contributed by atoms with Gasteiger partial charge >= 0.3 is 18.2 Å². The lowest BCUT2D eigenvalue weighted by Gasteiger charge is -2.25. The number of aliphatic imine (C=N–C) groups is 1. The Morgan fingerprint density at radius 3 is 1.95 bits per heavy atom. The third-order valence-electron chi connectivity index (χ3n) is 5.54. The summed E-state index contributed by atoms with van der Waals surface area (Å²) < 4.78 is 16.3. The molecular formula is C31H52N4O7. The number of nitrogens with zero attached hydrogens (tertiary/aromatic N) is 2. The third kappa shape index (κ3) is 17.5. The van der Waals surface area contributed by atoms with Crippen molar-refractivity contribution in [1.82, 2.24) is 15.5 Å². The molecular weight excluding hydrogens is 540 g/mol. The SMILES string of the molecule is CN(CCCCCCN/C(=N\C(=O)OC(C)(C)C)NC(=O)OC(C)(C)C)[C@@H](Cc1ccc(OC(C)(C)C)cc1)C(=O)O. The standard InChI is InChI=1S/C31H52N4O7/c1-29(2,3)40-23-17-15-22(16-18-23)21-24(25(36)37)35(10)20-14-12-11-13-19-32-26(33-27(38)41-30(4,5)6)34-28(39)42-31(7,8)9/h15-18,24H,11-14,19-21H2,1-10H3,(H,36,37)(H2,32,33,34,38,39)/t24-/m0/s1. The molecule has 42 heavy (non-hydrogen) atoms. The number of benzene rings is 1. The molecule has 0 fully saturated rings. The van der Waals surface area contributed by atoms with E-state index in [-0.39, 0.29) is 11.6 Å². The van der Waals surface area contributed by atoms with Gasteiger partial charge < -0.3 is 24.6 Å². The normalized spacial score (nSPS) is 13.4. The Balaban J connectivity index is 2.54. The van der Waals surface area contributed by atoms with E-state index >= 15 is 0 Å². The molecule has 1 aromatic rings. The molecule has 0 heterocycles. The van der Waals surface area contributed by atoms with Crippen molar-refractivity contribution in [2.24, 2.45) is 4.99 Å². The molecule has 0 aliphatic rings. The first-order valence-corrected chi connectivity index (χ1v) is 14.5. The molecule has 0 bridgehead atoms. The molecule has 0 saturated carbocycles. The molecule has 11 nitrogen and oxygen atoms in total. The van der Waals surface area contributed by atoms with Crippen LogP contribution in [-0.4, -0.2) is 77.1 Å². The Labute approximate surface area is 251 Å². The number of hydrogen-bond donors (Lipinski definition) is 3. The second-order valence-corrected chi connectivity index (χ2v) is 13.3. The van der Waals surface area contributed by atoms with Gasteiger partial charge in [0.05, 0.1) is 0 Å². The van der Waals surface area contributed by atoms with E-state index in [4.69, 9.17) is 14.2 Å². The number of aliphatic carboxylic acids is 1. The second kappa shape index (κ2) is 16.3. The molecule has 3 N–H and O–H groups in total. The van der Waals surface area contributed by atoms with Gasteiger partial charge in [-0.1, -0.05) is 25.0 Å². The van der Waals surface area contributed by atoms with Gasteiger partial charge in [-0.25, -0.2) is 9.59 Å². The molecule has 0 radical (unpaired) electrons. The lowest BCUT2D eigenvalue weighted by Crippen LogP contribution is -2.44. The van der Waals surface area contributed by atoms with Crippen molar-refractivity contribution >= 4 is 24.1 Å². The number of alkyl carbamates (subject to hydrolysis) is 1. The quantitative estimate of drug-likeness (QED) is 0.157. The van der Waals surface area contributed by atoms with Crippen LogP contribution < -0.4 is 15.4 Å². The minimum absolute atomic E-state index is 0.0412. The van der Waals surface area contributed by atoms with Crippen LogP contribution in [0.5, 0.6) is 5.75 Å². The fourth-order valence-electron chi connectivity index (χ4n) is 3.79. The van der Waals surface area contributed by atoms with Crippen molar-refractivity contribution in [2.45, 2.75) is 117 Å². The predicted molar refractivity (Wildman–Crippen MR) is 164 cm³/mol. The van der Waals surface area contributed by atoms with E-state index in [0.29, 0.717) is 19.5 Å². The first-order chi connectivity index (χ1) is 19.2. The van der Waals surface area contributed by atoms with Crippen molar-refractivity contribution in [1.29, 1.82) is 0 Å². The number of likely N-dealkylation sites (N-methyl/N-ethyl adjacent to an activating group) is 1. The number of nitrogens with one attached hydrogen (secondary N) is 2. The Hall–Kier alpha value is -3.34. The number of ether oxygens (including phenoxy) is 3. The second-order valence-electron chi connectivity index (χ2n) is 13.3. The van der Waals surface area contributed by atoms with Crippen LogP contribution in [0.25, 0.3) is 0 Å². The first-order valence-electron chi connectivity index (χ1n) is 14.5. The molecule has 0 aliphatic heterocycles. The highest BCUT2D eigenvalue weighted by Crippen LogP contribution is 2.20. The number of carbonyl (C=O) groups excluding carboxylic acids is 2. The number of guanidine groups is 1. The molecule has 1 rings (SSSR count). The zero-order valence-electron chi connectivity index (χ0n) is 27.1. The van der Waals surface area contributed by atoms with Gasteiger partial charge in [-0.3, -0.25) is 15.0 Å². The van der Waals surface area contributed by atoms with Gasteiger partial charge in [-0.15, -0.1) is 4.99 Å². The third-order valence-corrected chi connectivity index (χ3v) is 5.54. The van der Waals surface area contributed by atoms with Crippen molar-refractivity contribution in [2.75, 3.05) is 20.1 Å². The summed E-state index contributed by atoms with van der Waals surface area (Å²) in [5, 5.41) is 15.3. The zero-order valence-corrected chi connectivity index (χ0v) is 27.1. The number of amides is 2. The van der Waals surface area contributed by atoms with Crippen molar-refractivity contribution < 1.29 is 33.7 Å². The Morgan fingerprint density at radius 1 is 0.857 bits per heavy atom. The lowest BCUT2D eigenvalue weighted by atomic mass is 10.0. The smallest absolute Gasteiger partial charge is 0.437 e. The molecule has 11 heteroatoms. The average Bonchev–Trinajstić information content (AvgIpc) is 2.79. The minimum atomic E-state index is -0.856. The number of unbranched alkanes of at least 4 members (excludes halogenated alkanes) is 3. The fraction of sp³-hybridized carbons (Fsp3) is 0.677. The van der Waals surface area contributed by atoms with E-state index in [2.05, 4.69) is 15.6 Å². The van der Waals surface area contributed by atoms with Crippen LogP contribution in [0.4, 0.5) is 9.59 Å². The van der Waals surface area contributed by atoms with E-state index in [0.717, 1.165) is 37.0 Å². The Kier molecular flexibility index (Phi) is 14.3. The first kappa shape index (κ1) is 36.7. The number of carboxylic acid groups (broad SMARTS) is 1. The predicted octanol–water partition coefficient (Wildman–Crippen LogP) is 5.76. The largest absolute Gasteiger partial charge is 0.488 e. The molecule has 1 aromatic carbocycles. The van der Waals surface area contributed by atoms with Crippen LogP contribution >= 0.6 is 0 Å². The summed E-state index contributed by atoms with van der Waals surface area (Å²) in [5.74, 6) is -0.142. The van der Waals surface area contributed by atoms with E-state index in [9.17, 15) is 19.5 Å². The molecule has 238 valence electrons. The lowest BCUT2D eigenvalue weighted by molar-refractivity contribution is -0.142. The van der Waals surface area contributed by atoms with E-state index in [1.54, 1.807) is 41.5 Å². The topological polar surface area (TPSA) is 139 Å². The Morgan fingerprint density at radius 2 is 1.43 bits per heavy atom. The van der Waals surface area contributed by atoms with E-state index in [1.807, 2.05) is 57.0 Å². The average molecular weight is 593 g/mol. The van der Waals surface area contributed by atoms with E-state index in [1.165, 1.54) is 0 Å². The van der Waals surface area contributed by atoms with Crippen LogP contribution in [-0.2, 0) is 20.7 Å². The van der Waals surface area contributed by atoms with Crippen molar-refractivity contribution in [3.63, 3.8) is 0 Å². The summed E-state index contributed by atoms with van der Waals surface area (Å²) in [6, 6.07) is 6.94. The van der Waals surface area contributed by atoms with Crippen LogP contribution in [0.3, 0.4) is 0 Å². The highest BCUT2D eigenvalue weighted by molar-refractivity contribution is 5.98. The Bertz CT molecular complexity index is 1040. The maximum absolute atomic E-state index is 12.2. The van der Waals surface area contributed by atoms with Gasteiger partial charge in [-0.2, -0.15) is 0 Å². The highest BCUT2D eigenvalue weighted by atomic mass is 16.6. The van der Waals surface area contributed by atoms with Gasteiger partial charge in [0.1, 0.15) is 28.6 Å². The van der Waals surface area contributed by atoms with Crippen LogP contribution in [0.1, 0.15) is 93.6 Å². The van der Waals surface area contributed by atoms with Crippen molar-refractivity contribution in [3.8, 4) is 5.75 Å². The number of hydrogen-bond acceptors (Lipinski definition) is 7. The van der Waals surface area contributed by atoms with Gasteiger partial charge in [0, 0.05) is 6.54 Å². The summed E-state index contributed by atoms with van der Waals surface area (Å²) in [6.07, 6.45) is 2.16. The number of carboxylic acids is 1. The summed E-state index contributed by atoms with van der Waals surface area (Å²) in [7, 11) is 1.83. The maximum atomic E-state index is 12.2. The summed E-state index contributed by atoms with van der Waals surface area (Å²) in [6.45, 7) is 17.4. The number of rotatable bonds is 12.